The molecule has 6 heteroatoms. The van der Waals surface area contributed by atoms with Gasteiger partial charge in [-0.2, -0.15) is 0 Å². The summed E-state index contributed by atoms with van der Waals surface area (Å²) in [6.45, 7) is 2.69. The summed E-state index contributed by atoms with van der Waals surface area (Å²) in [7, 11) is 0. The minimum Gasteiger partial charge on any atom is -0.503 e. The SMILES string of the molecule is CCCCCCCCCCOc1cccc2oc(=O)c(OC(=O)c3ccccc3)c(O)c12. The molecule has 0 fully saturated rings. The molecule has 3 rings (SSSR count). The van der Waals surface area contributed by atoms with Gasteiger partial charge in [0.2, 0.25) is 0 Å². The molecular weight excluding hydrogens is 408 g/mol. The number of carbonyl (C=O) groups is 1. The summed E-state index contributed by atoms with van der Waals surface area (Å²) in [6.07, 6.45) is 9.47. The monoisotopic (exact) mass is 438 g/mol. The van der Waals surface area contributed by atoms with Crippen LogP contribution in [0.1, 0.15) is 68.6 Å². The van der Waals surface area contributed by atoms with Crippen molar-refractivity contribution in [2.75, 3.05) is 6.61 Å². The van der Waals surface area contributed by atoms with Crippen LogP contribution in [0.3, 0.4) is 0 Å². The van der Waals surface area contributed by atoms with E-state index in [1.165, 1.54) is 38.5 Å². The predicted molar refractivity (Wildman–Crippen MR) is 124 cm³/mol. The third-order valence-corrected chi connectivity index (χ3v) is 5.29. The average Bonchev–Trinajstić information content (AvgIpc) is 2.81. The molecule has 0 aliphatic heterocycles. The zero-order valence-corrected chi connectivity index (χ0v) is 18.5. The van der Waals surface area contributed by atoms with Gasteiger partial charge >= 0.3 is 11.6 Å². The molecule has 0 atom stereocenters. The first-order valence-corrected chi connectivity index (χ1v) is 11.3. The fraction of sp³-hybridized carbons (Fsp3) is 0.385. The average molecular weight is 439 g/mol. The molecule has 0 bridgehead atoms. The minimum absolute atomic E-state index is 0.167. The highest BCUT2D eigenvalue weighted by Gasteiger charge is 2.22. The second-order valence-corrected chi connectivity index (χ2v) is 7.78. The van der Waals surface area contributed by atoms with Crippen LogP contribution in [-0.2, 0) is 0 Å². The van der Waals surface area contributed by atoms with Gasteiger partial charge in [-0.3, -0.25) is 0 Å². The van der Waals surface area contributed by atoms with E-state index in [2.05, 4.69) is 6.92 Å². The zero-order valence-electron chi connectivity index (χ0n) is 18.5. The Bertz CT molecular complexity index is 1070. The van der Waals surface area contributed by atoms with Gasteiger partial charge in [0, 0.05) is 0 Å². The summed E-state index contributed by atoms with van der Waals surface area (Å²) in [6, 6.07) is 13.2. The first-order chi connectivity index (χ1) is 15.6. The molecule has 0 radical (unpaired) electrons. The topological polar surface area (TPSA) is 86.0 Å². The Morgan fingerprint density at radius 3 is 2.31 bits per heavy atom. The van der Waals surface area contributed by atoms with E-state index in [9.17, 15) is 14.7 Å². The van der Waals surface area contributed by atoms with Crippen LogP contribution in [0.2, 0.25) is 0 Å². The molecule has 32 heavy (non-hydrogen) atoms. The van der Waals surface area contributed by atoms with Crippen molar-refractivity contribution in [1.82, 2.24) is 0 Å². The van der Waals surface area contributed by atoms with Crippen molar-refractivity contribution in [2.45, 2.75) is 58.3 Å². The maximum absolute atomic E-state index is 12.3. The number of aromatic hydroxyl groups is 1. The molecule has 1 N–H and O–H groups in total. The Balaban J connectivity index is 1.67. The predicted octanol–water partition coefficient (Wildman–Crippen LogP) is 6.24. The van der Waals surface area contributed by atoms with Crippen molar-refractivity contribution in [3.8, 4) is 17.2 Å². The van der Waals surface area contributed by atoms with Crippen molar-refractivity contribution in [3.05, 3.63) is 64.5 Å². The Hall–Kier alpha value is -3.28. The van der Waals surface area contributed by atoms with Crippen LogP contribution in [0.15, 0.2) is 57.7 Å². The standard InChI is InChI=1S/C26H30O6/c1-2-3-4-5-6-7-8-12-18-30-20-16-13-17-21-22(20)23(27)24(26(29)31-21)32-25(28)19-14-10-9-11-15-19/h9-11,13-17,27H,2-8,12,18H2,1H3. The van der Waals surface area contributed by atoms with Crippen LogP contribution in [0.4, 0.5) is 0 Å². The number of hydrogen-bond donors (Lipinski definition) is 1. The lowest BCUT2D eigenvalue weighted by Gasteiger charge is -2.12. The van der Waals surface area contributed by atoms with E-state index < -0.39 is 23.1 Å². The maximum atomic E-state index is 12.3. The Labute approximate surface area is 187 Å². The molecule has 0 saturated carbocycles. The van der Waals surface area contributed by atoms with Crippen LogP contribution < -0.4 is 15.1 Å². The lowest BCUT2D eigenvalue weighted by Crippen LogP contribution is -2.14. The van der Waals surface area contributed by atoms with Gasteiger partial charge in [-0.05, 0) is 30.7 Å². The fourth-order valence-corrected chi connectivity index (χ4v) is 3.54. The van der Waals surface area contributed by atoms with Gasteiger partial charge in [0.15, 0.2) is 5.75 Å². The number of esters is 1. The van der Waals surface area contributed by atoms with Gasteiger partial charge in [0.05, 0.1) is 12.2 Å². The van der Waals surface area contributed by atoms with Crippen molar-refractivity contribution >= 4 is 16.9 Å². The Morgan fingerprint density at radius 2 is 1.59 bits per heavy atom. The first-order valence-electron chi connectivity index (χ1n) is 11.3. The minimum atomic E-state index is -0.931. The smallest absolute Gasteiger partial charge is 0.383 e. The van der Waals surface area contributed by atoms with E-state index in [-0.39, 0.29) is 16.5 Å². The number of unbranched alkanes of at least 4 members (excludes halogenated alkanes) is 7. The second kappa shape index (κ2) is 11.9. The number of benzene rings is 2. The molecule has 170 valence electrons. The van der Waals surface area contributed by atoms with Gasteiger partial charge in [0.1, 0.15) is 16.7 Å². The largest absolute Gasteiger partial charge is 0.503 e. The molecule has 0 aliphatic carbocycles. The van der Waals surface area contributed by atoms with Crippen LogP contribution in [0.5, 0.6) is 17.2 Å². The quantitative estimate of drug-likeness (QED) is 0.205. The van der Waals surface area contributed by atoms with Gasteiger partial charge in [-0.1, -0.05) is 76.1 Å². The van der Waals surface area contributed by atoms with Crippen molar-refractivity contribution in [3.63, 3.8) is 0 Å². The van der Waals surface area contributed by atoms with Crippen LogP contribution in [-0.4, -0.2) is 17.7 Å². The Kier molecular flexibility index (Phi) is 8.72. The van der Waals surface area contributed by atoms with Gasteiger partial charge in [0.25, 0.3) is 5.75 Å². The van der Waals surface area contributed by atoms with Gasteiger partial charge in [-0.15, -0.1) is 0 Å². The first kappa shape index (κ1) is 23.4. The lowest BCUT2D eigenvalue weighted by atomic mass is 10.1. The number of carbonyl (C=O) groups excluding carboxylic acids is 1. The van der Waals surface area contributed by atoms with E-state index in [0.717, 1.165) is 12.8 Å². The highest BCUT2D eigenvalue weighted by Crippen LogP contribution is 2.38. The lowest BCUT2D eigenvalue weighted by molar-refractivity contribution is 0.0723. The van der Waals surface area contributed by atoms with E-state index >= 15 is 0 Å². The van der Waals surface area contributed by atoms with Crippen molar-refractivity contribution in [1.29, 1.82) is 0 Å². The molecule has 2 aromatic carbocycles. The highest BCUT2D eigenvalue weighted by molar-refractivity contribution is 5.94. The summed E-state index contributed by atoms with van der Waals surface area (Å²) in [5.41, 5.74) is -0.509. The van der Waals surface area contributed by atoms with Crippen LogP contribution >= 0.6 is 0 Å². The molecular formula is C26H30O6. The van der Waals surface area contributed by atoms with Crippen molar-refractivity contribution in [2.24, 2.45) is 0 Å². The summed E-state index contributed by atoms with van der Waals surface area (Å²) in [4.78, 5) is 24.7. The summed E-state index contributed by atoms with van der Waals surface area (Å²) in [5, 5.41) is 10.9. The maximum Gasteiger partial charge on any atom is 0.383 e. The molecule has 0 aliphatic rings. The number of rotatable bonds is 12. The normalized spacial score (nSPS) is 10.9. The van der Waals surface area contributed by atoms with Gasteiger partial charge in [-0.25, -0.2) is 9.59 Å². The molecule has 0 amide bonds. The summed E-state index contributed by atoms with van der Waals surface area (Å²) < 4.78 is 16.3. The second-order valence-electron chi connectivity index (χ2n) is 7.78. The molecule has 3 aromatic rings. The molecule has 1 aromatic heterocycles. The highest BCUT2D eigenvalue weighted by atomic mass is 16.6. The number of hydrogen-bond acceptors (Lipinski definition) is 6. The third-order valence-electron chi connectivity index (χ3n) is 5.29. The number of ether oxygens (including phenoxy) is 2. The molecule has 0 spiro atoms. The Morgan fingerprint density at radius 1 is 0.906 bits per heavy atom. The molecule has 0 saturated heterocycles. The summed E-state index contributed by atoms with van der Waals surface area (Å²) >= 11 is 0. The van der Waals surface area contributed by atoms with E-state index in [4.69, 9.17) is 13.9 Å². The van der Waals surface area contributed by atoms with E-state index in [1.54, 1.807) is 48.5 Å². The van der Waals surface area contributed by atoms with Crippen molar-refractivity contribution < 1.29 is 23.8 Å². The van der Waals surface area contributed by atoms with E-state index in [1.807, 2.05) is 0 Å². The fourth-order valence-electron chi connectivity index (χ4n) is 3.54. The van der Waals surface area contributed by atoms with Crippen LogP contribution in [0.25, 0.3) is 11.0 Å². The van der Waals surface area contributed by atoms with E-state index in [0.29, 0.717) is 12.4 Å². The van der Waals surface area contributed by atoms with Gasteiger partial charge < -0.3 is 19.0 Å². The zero-order chi connectivity index (χ0) is 22.8. The third kappa shape index (κ3) is 6.13. The number of fused-ring (bicyclic) bond motifs is 1. The molecule has 0 unspecified atom stereocenters. The molecule has 6 nitrogen and oxygen atoms in total. The molecule has 1 heterocycles. The summed E-state index contributed by atoms with van der Waals surface area (Å²) in [5.74, 6) is -1.39. The van der Waals surface area contributed by atoms with Crippen LogP contribution in [0, 0.1) is 0 Å².